The van der Waals surface area contributed by atoms with Crippen molar-refractivity contribution < 1.29 is 19.1 Å². The van der Waals surface area contributed by atoms with E-state index in [4.69, 9.17) is 5.11 Å². The Kier molecular flexibility index (Phi) is 6.11. The molecular weight excluding hydrogens is 263 g/mol. The van der Waals surface area contributed by atoms with Gasteiger partial charge in [-0.15, -0.1) is 0 Å². The van der Waals surface area contributed by atoms with Crippen LogP contribution in [0.4, 0.5) is 10.1 Å². The molecule has 0 spiro atoms. The molecule has 1 aromatic rings. The highest BCUT2D eigenvalue weighted by atomic mass is 19.1. The molecule has 110 valence electrons. The van der Waals surface area contributed by atoms with Crippen LogP contribution in [0.1, 0.15) is 13.8 Å². The lowest BCUT2D eigenvalue weighted by molar-refractivity contribution is -0.142. The van der Waals surface area contributed by atoms with Crippen LogP contribution in [0.3, 0.4) is 0 Å². The zero-order valence-corrected chi connectivity index (χ0v) is 11.6. The van der Waals surface area contributed by atoms with Gasteiger partial charge >= 0.3 is 5.97 Å². The van der Waals surface area contributed by atoms with Gasteiger partial charge in [0.05, 0.1) is 12.5 Å². The number of hydrogen-bond acceptors (Lipinski definition) is 3. The number of carboxylic acids is 1. The minimum Gasteiger partial charge on any atom is -0.481 e. The summed E-state index contributed by atoms with van der Waals surface area (Å²) in [4.78, 5) is 24.3. The van der Waals surface area contributed by atoms with Crippen LogP contribution in [0.5, 0.6) is 0 Å². The molecule has 1 rings (SSSR count). The Labute approximate surface area is 117 Å². The molecule has 5 nitrogen and oxygen atoms in total. The number of carbonyl (C=O) groups excluding carboxylic acids is 1. The summed E-state index contributed by atoms with van der Waals surface area (Å²) in [7, 11) is 0. The van der Waals surface area contributed by atoms with Crippen LogP contribution in [0, 0.1) is 11.7 Å². The number of hydrogen-bond donors (Lipinski definition) is 2. The van der Waals surface area contributed by atoms with Crippen molar-refractivity contribution in [2.24, 2.45) is 5.92 Å². The predicted molar refractivity (Wildman–Crippen MR) is 73.9 cm³/mol. The SMILES string of the molecule is CCN(CC(=O)Nc1cccc(F)c1)CC(C)C(=O)O. The topological polar surface area (TPSA) is 69.6 Å². The Morgan fingerprint density at radius 1 is 1.45 bits per heavy atom. The third kappa shape index (κ3) is 5.36. The Balaban J connectivity index is 2.53. The molecule has 0 aromatic heterocycles. The predicted octanol–water partition coefficient (Wildman–Crippen LogP) is 1.81. The summed E-state index contributed by atoms with van der Waals surface area (Å²) < 4.78 is 13.0. The van der Waals surface area contributed by atoms with Crippen LogP contribution >= 0.6 is 0 Å². The minimum absolute atomic E-state index is 0.0740. The van der Waals surface area contributed by atoms with Crippen molar-refractivity contribution in [2.75, 3.05) is 25.0 Å². The highest BCUT2D eigenvalue weighted by Crippen LogP contribution is 2.09. The lowest BCUT2D eigenvalue weighted by atomic mass is 10.1. The quantitative estimate of drug-likeness (QED) is 0.800. The first-order valence-corrected chi connectivity index (χ1v) is 6.43. The summed E-state index contributed by atoms with van der Waals surface area (Å²) >= 11 is 0. The highest BCUT2D eigenvalue weighted by molar-refractivity contribution is 5.92. The van der Waals surface area contributed by atoms with Gasteiger partial charge in [0.15, 0.2) is 0 Å². The van der Waals surface area contributed by atoms with Gasteiger partial charge < -0.3 is 10.4 Å². The molecule has 0 aliphatic heterocycles. The van der Waals surface area contributed by atoms with E-state index in [9.17, 15) is 14.0 Å². The summed E-state index contributed by atoms with van der Waals surface area (Å²) in [5, 5.41) is 11.4. The smallest absolute Gasteiger partial charge is 0.307 e. The summed E-state index contributed by atoms with van der Waals surface area (Å²) in [5.74, 6) is -2.16. The molecule has 2 N–H and O–H groups in total. The van der Waals surface area contributed by atoms with E-state index in [0.717, 1.165) is 0 Å². The number of aliphatic carboxylic acids is 1. The van der Waals surface area contributed by atoms with E-state index >= 15 is 0 Å². The van der Waals surface area contributed by atoms with Crippen molar-refractivity contribution in [1.82, 2.24) is 4.90 Å². The second-order valence-electron chi connectivity index (χ2n) is 4.63. The average molecular weight is 282 g/mol. The largest absolute Gasteiger partial charge is 0.481 e. The second-order valence-corrected chi connectivity index (χ2v) is 4.63. The molecule has 0 aliphatic carbocycles. The number of benzene rings is 1. The zero-order valence-electron chi connectivity index (χ0n) is 11.6. The van der Waals surface area contributed by atoms with Crippen molar-refractivity contribution in [3.8, 4) is 0 Å². The van der Waals surface area contributed by atoms with Gasteiger partial charge in [-0.05, 0) is 24.7 Å². The Morgan fingerprint density at radius 2 is 2.15 bits per heavy atom. The first-order valence-electron chi connectivity index (χ1n) is 6.43. The van der Waals surface area contributed by atoms with Crippen LogP contribution in [-0.2, 0) is 9.59 Å². The molecule has 1 unspecified atom stereocenters. The maximum atomic E-state index is 13.0. The number of carboxylic acid groups (broad SMARTS) is 1. The number of halogens is 1. The van der Waals surface area contributed by atoms with Gasteiger partial charge in [0, 0.05) is 12.2 Å². The van der Waals surface area contributed by atoms with E-state index in [-0.39, 0.29) is 12.5 Å². The van der Waals surface area contributed by atoms with E-state index in [1.165, 1.54) is 18.2 Å². The van der Waals surface area contributed by atoms with Crippen molar-refractivity contribution in [3.05, 3.63) is 30.1 Å². The molecule has 0 saturated carbocycles. The lowest BCUT2D eigenvalue weighted by Gasteiger charge is -2.21. The maximum absolute atomic E-state index is 13.0. The number of nitrogens with zero attached hydrogens (tertiary/aromatic N) is 1. The monoisotopic (exact) mass is 282 g/mol. The lowest BCUT2D eigenvalue weighted by Crippen LogP contribution is -2.37. The van der Waals surface area contributed by atoms with Crippen LogP contribution in [0.25, 0.3) is 0 Å². The van der Waals surface area contributed by atoms with E-state index in [1.807, 2.05) is 6.92 Å². The zero-order chi connectivity index (χ0) is 15.1. The van der Waals surface area contributed by atoms with Gasteiger partial charge in [-0.1, -0.05) is 19.9 Å². The molecule has 1 amide bonds. The fourth-order valence-electron chi connectivity index (χ4n) is 1.74. The number of likely N-dealkylation sites (N-methyl/N-ethyl adjacent to an activating group) is 1. The Hall–Kier alpha value is -1.95. The molecule has 20 heavy (non-hydrogen) atoms. The van der Waals surface area contributed by atoms with Crippen molar-refractivity contribution in [3.63, 3.8) is 0 Å². The fourth-order valence-corrected chi connectivity index (χ4v) is 1.74. The number of carbonyl (C=O) groups is 2. The minimum atomic E-state index is -0.894. The molecule has 0 aliphatic rings. The van der Waals surface area contributed by atoms with E-state index in [1.54, 1.807) is 17.9 Å². The second kappa shape index (κ2) is 7.59. The first kappa shape index (κ1) is 16.1. The summed E-state index contributed by atoms with van der Waals surface area (Å²) in [5.41, 5.74) is 0.386. The van der Waals surface area contributed by atoms with Crippen molar-refractivity contribution in [1.29, 1.82) is 0 Å². The third-order valence-corrected chi connectivity index (χ3v) is 2.88. The van der Waals surface area contributed by atoms with Crippen LogP contribution in [0.2, 0.25) is 0 Å². The van der Waals surface area contributed by atoms with Crippen molar-refractivity contribution >= 4 is 17.6 Å². The summed E-state index contributed by atoms with van der Waals surface area (Å²) in [6.45, 7) is 4.38. The third-order valence-electron chi connectivity index (χ3n) is 2.88. The Morgan fingerprint density at radius 3 is 2.70 bits per heavy atom. The van der Waals surface area contributed by atoms with E-state index < -0.39 is 17.7 Å². The van der Waals surface area contributed by atoms with Crippen LogP contribution < -0.4 is 5.32 Å². The van der Waals surface area contributed by atoms with Gasteiger partial charge in [-0.3, -0.25) is 14.5 Å². The maximum Gasteiger partial charge on any atom is 0.307 e. The average Bonchev–Trinajstić information content (AvgIpc) is 2.37. The molecule has 1 atom stereocenters. The summed E-state index contributed by atoms with van der Waals surface area (Å²) in [6.07, 6.45) is 0. The standard InChI is InChI=1S/C14H19FN2O3/c1-3-17(8-10(2)14(19)20)9-13(18)16-12-6-4-5-11(15)7-12/h4-7,10H,3,8-9H2,1-2H3,(H,16,18)(H,19,20). The normalized spacial score (nSPS) is 12.2. The van der Waals surface area contributed by atoms with Gasteiger partial charge in [-0.2, -0.15) is 0 Å². The molecular formula is C14H19FN2O3. The highest BCUT2D eigenvalue weighted by Gasteiger charge is 2.17. The van der Waals surface area contributed by atoms with Gasteiger partial charge in [0.2, 0.25) is 5.91 Å². The van der Waals surface area contributed by atoms with Crippen LogP contribution in [0.15, 0.2) is 24.3 Å². The fraction of sp³-hybridized carbons (Fsp3) is 0.429. The van der Waals surface area contributed by atoms with Gasteiger partial charge in [0.25, 0.3) is 0 Å². The molecule has 0 saturated heterocycles. The number of amides is 1. The molecule has 0 radical (unpaired) electrons. The van der Waals surface area contributed by atoms with E-state index in [0.29, 0.717) is 18.8 Å². The van der Waals surface area contributed by atoms with Gasteiger partial charge in [-0.25, -0.2) is 4.39 Å². The molecule has 6 heteroatoms. The molecule has 0 heterocycles. The summed E-state index contributed by atoms with van der Waals surface area (Å²) in [6, 6.07) is 5.63. The Bertz CT molecular complexity index is 479. The number of anilines is 1. The van der Waals surface area contributed by atoms with Crippen molar-refractivity contribution in [2.45, 2.75) is 13.8 Å². The number of rotatable bonds is 7. The molecule has 0 fully saturated rings. The molecule has 0 bridgehead atoms. The van der Waals surface area contributed by atoms with Crippen LogP contribution in [-0.4, -0.2) is 41.5 Å². The van der Waals surface area contributed by atoms with E-state index in [2.05, 4.69) is 5.32 Å². The van der Waals surface area contributed by atoms with Gasteiger partial charge in [0.1, 0.15) is 5.82 Å². The first-order chi connectivity index (χ1) is 9.42. The number of nitrogens with one attached hydrogen (secondary N) is 1. The molecule has 1 aromatic carbocycles.